The molecule has 2 heteroatoms. The van der Waals surface area contributed by atoms with Gasteiger partial charge < -0.3 is 5.32 Å². The van der Waals surface area contributed by atoms with Crippen molar-refractivity contribution >= 4 is 0 Å². The molecule has 2 atom stereocenters. The minimum Gasteiger partial charge on any atom is -0.315 e. The molecule has 2 rings (SSSR count). The largest absolute Gasteiger partial charge is 0.315 e. The molecule has 0 spiro atoms. The first kappa shape index (κ1) is 11.4. The van der Waals surface area contributed by atoms with Gasteiger partial charge >= 0.3 is 0 Å². The predicted molar refractivity (Wildman–Crippen MR) is 65.1 cm³/mol. The van der Waals surface area contributed by atoms with Gasteiger partial charge in [0.2, 0.25) is 0 Å². The summed E-state index contributed by atoms with van der Waals surface area (Å²) in [4.78, 5) is 2.75. The summed E-state index contributed by atoms with van der Waals surface area (Å²) in [7, 11) is 2.13. The normalized spacial score (nSPS) is 35.0. The molecule has 2 nitrogen and oxygen atoms in total. The molecule has 2 aliphatic carbocycles. The van der Waals surface area contributed by atoms with Gasteiger partial charge in [0.25, 0.3) is 0 Å². The summed E-state index contributed by atoms with van der Waals surface area (Å²) in [6.45, 7) is 8.36. The van der Waals surface area contributed by atoms with Crippen molar-refractivity contribution in [1.29, 1.82) is 0 Å². The van der Waals surface area contributed by atoms with E-state index in [1.165, 1.54) is 32.2 Å². The molecule has 0 aliphatic heterocycles. The summed E-state index contributed by atoms with van der Waals surface area (Å²) >= 11 is 0. The van der Waals surface area contributed by atoms with Gasteiger partial charge in [-0.25, -0.2) is 0 Å². The number of rotatable bonds is 4. The first-order valence-electron chi connectivity index (χ1n) is 6.53. The topological polar surface area (TPSA) is 15.3 Å². The Morgan fingerprint density at radius 1 is 1.27 bits per heavy atom. The van der Waals surface area contributed by atoms with Crippen LogP contribution in [0.3, 0.4) is 0 Å². The zero-order chi connectivity index (χ0) is 11.1. The van der Waals surface area contributed by atoms with E-state index in [9.17, 15) is 0 Å². The maximum atomic E-state index is 3.56. The number of nitrogens with one attached hydrogen (secondary N) is 1. The van der Waals surface area contributed by atoms with Crippen molar-refractivity contribution in [2.24, 2.45) is 5.41 Å². The second-order valence-corrected chi connectivity index (χ2v) is 5.92. The van der Waals surface area contributed by atoms with E-state index in [-0.39, 0.29) is 0 Å². The van der Waals surface area contributed by atoms with Crippen molar-refractivity contribution in [3.63, 3.8) is 0 Å². The van der Waals surface area contributed by atoms with Crippen molar-refractivity contribution in [3.05, 3.63) is 0 Å². The number of hydrogen-bond donors (Lipinski definition) is 1. The number of likely N-dealkylation sites (N-methyl/N-ethyl adjacent to an activating group) is 2. The van der Waals surface area contributed by atoms with Crippen LogP contribution in [0.2, 0.25) is 0 Å². The molecule has 88 valence electrons. The third-order valence-electron chi connectivity index (χ3n) is 4.43. The van der Waals surface area contributed by atoms with Crippen molar-refractivity contribution in [2.45, 2.75) is 64.6 Å². The zero-order valence-electron chi connectivity index (χ0n) is 10.7. The van der Waals surface area contributed by atoms with Gasteiger partial charge in [-0.2, -0.15) is 0 Å². The average molecular weight is 210 g/mol. The van der Waals surface area contributed by atoms with E-state index >= 15 is 0 Å². The molecule has 2 fully saturated rings. The van der Waals surface area contributed by atoms with Gasteiger partial charge in [0.05, 0.1) is 0 Å². The Balaban J connectivity index is 2.07. The maximum Gasteiger partial charge on any atom is 0.0271 e. The quantitative estimate of drug-likeness (QED) is 0.765. The fraction of sp³-hybridized carbons (Fsp3) is 1.00. The lowest BCUT2D eigenvalue weighted by Crippen LogP contribution is -2.51. The first-order valence-corrected chi connectivity index (χ1v) is 6.53. The Bertz CT molecular complexity index is 221. The van der Waals surface area contributed by atoms with Gasteiger partial charge in [0.1, 0.15) is 0 Å². The Hall–Kier alpha value is -0.0800. The molecule has 15 heavy (non-hydrogen) atoms. The lowest BCUT2D eigenvalue weighted by atomic mass is 9.86. The SMILES string of the molecule is CCN(C1CC1)C1CCC(C)(C)C1NC. The van der Waals surface area contributed by atoms with Crippen LogP contribution in [0, 0.1) is 5.41 Å². The summed E-state index contributed by atoms with van der Waals surface area (Å²) in [5.41, 5.74) is 0.474. The second-order valence-electron chi connectivity index (χ2n) is 5.92. The molecule has 0 aromatic carbocycles. The van der Waals surface area contributed by atoms with Crippen LogP contribution in [-0.2, 0) is 0 Å². The molecule has 2 unspecified atom stereocenters. The molecule has 0 saturated heterocycles. The van der Waals surface area contributed by atoms with E-state index in [0.717, 1.165) is 12.1 Å². The van der Waals surface area contributed by atoms with Gasteiger partial charge in [-0.05, 0) is 44.7 Å². The molecule has 0 aromatic heterocycles. The highest BCUT2D eigenvalue weighted by Gasteiger charge is 2.46. The second kappa shape index (κ2) is 4.06. The van der Waals surface area contributed by atoms with Crippen LogP contribution in [0.25, 0.3) is 0 Å². The van der Waals surface area contributed by atoms with E-state index in [2.05, 4.69) is 38.0 Å². The van der Waals surface area contributed by atoms with E-state index in [4.69, 9.17) is 0 Å². The van der Waals surface area contributed by atoms with Gasteiger partial charge in [0.15, 0.2) is 0 Å². The van der Waals surface area contributed by atoms with Crippen LogP contribution in [0.1, 0.15) is 46.5 Å². The van der Waals surface area contributed by atoms with Crippen LogP contribution in [0.15, 0.2) is 0 Å². The minimum absolute atomic E-state index is 0.474. The Morgan fingerprint density at radius 3 is 2.40 bits per heavy atom. The summed E-state index contributed by atoms with van der Waals surface area (Å²) in [5.74, 6) is 0. The van der Waals surface area contributed by atoms with Crippen molar-refractivity contribution < 1.29 is 0 Å². The minimum atomic E-state index is 0.474. The Labute approximate surface area is 94.4 Å². The predicted octanol–water partition coefficient (Wildman–Crippen LogP) is 2.25. The van der Waals surface area contributed by atoms with Crippen LogP contribution in [0.5, 0.6) is 0 Å². The van der Waals surface area contributed by atoms with Crippen molar-refractivity contribution in [2.75, 3.05) is 13.6 Å². The van der Waals surface area contributed by atoms with Crippen LogP contribution in [-0.4, -0.2) is 36.6 Å². The van der Waals surface area contributed by atoms with E-state index < -0.39 is 0 Å². The molecule has 0 heterocycles. The van der Waals surface area contributed by atoms with Crippen molar-refractivity contribution in [1.82, 2.24) is 10.2 Å². The Morgan fingerprint density at radius 2 is 1.93 bits per heavy atom. The van der Waals surface area contributed by atoms with Gasteiger partial charge in [-0.15, -0.1) is 0 Å². The zero-order valence-corrected chi connectivity index (χ0v) is 10.7. The third kappa shape index (κ3) is 2.07. The first-order chi connectivity index (χ1) is 7.10. The average Bonchev–Trinajstić information content (AvgIpc) is 2.94. The fourth-order valence-corrected chi connectivity index (χ4v) is 3.47. The number of hydrogen-bond acceptors (Lipinski definition) is 2. The molecule has 2 saturated carbocycles. The smallest absolute Gasteiger partial charge is 0.0271 e. The van der Waals surface area contributed by atoms with Gasteiger partial charge in [-0.1, -0.05) is 20.8 Å². The molecule has 1 N–H and O–H groups in total. The van der Waals surface area contributed by atoms with E-state index in [1.54, 1.807) is 0 Å². The summed E-state index contributed by atoms with van der Waals surface area (Å²) < 4.78 is 0. The van der Waals surface area contributed by atoms with Gasteiger partial charge in [0, 0.05) is 18.1 Å². The molecular formula is C13H26N2. The molecule has 0 bridgehead atoms. The van der Waals surface area contributed by atoms with Crippen LogP contribution < -0.4 is 5.32 Å². The summed E-state index contributed by atoms with van der Waals surface area (Å²) in [6.07, 6.45) is 5.61. The highest BCUT2D eigenvalue weighted by atomic mass is 15.2. The fourth-order valence-electron chi connectivity index (χ4n) is 3.47. The highest BCUT2D eigenvalue weighted by molar-refractivity contribution is 5.03. The van der Waals surface area contributed by atoms with Crippen molar-refractivity contribution in [3.8, 4) is 0 Å². The molecule has 0 radical (unpaired) electrons. The number of nitrogens with zero attached hydrogens (tertiary/aromatic N) is 1. The summed E-state index contributed by atoms with van der Waals surface area (Å²) in [5, 5.41) is 3.56. The monoisotopic (exact) mass is 210 g/mol. The third-order valence-corrected chi connectivity index (χ3v) is 4.43. The van der Waals surface area contributed by atoms with Crippen LogP contribution in [0.4, 0.5) is 0 Å². The van der Waals surface area contributed by atoms with Gasteiger partial charge in [-0.3, -0.25) is 4.90 Å². The summed E-state index contributed by atoms with van der Waals surface area (Å²) in [6, 6.07) is 2.37. The molecule has 0 amide bonds. The molecular weight excluding hydrogens is 184 g/mol. The highest BCUT2D eigenvalue weighted by Crippen LogP contribution is 2.42. The van der Waals surface area contributed by atoms with Crippen LogP contribution >= 0.6 is 0 Å². The van der Waals surface area contributed by atoms with E-state index in [1.807, 2.05) is 0 Å². The Kier molecular flexibility index (Phi) is 3.09. The molecule has 0 aromatic rings. The van der Waals surface area contributed by atoms with E-state index in [0.29, 0.717) is 11.5 Å². The molecule has 2 aliphatic rings. The lowest BCUT2D eigenvalue weighted by Gasteiger charge is -2.36. The maximum absolute atomic E-state index is 3.56. The standard InChI is InChI=1S/C13H26N2/c1-5-15(10-6-7-10)11-8-9-13(2,3)12(11)14-4/h10-12,14H,5-9H2,1-4H3. The lowest BCUT2D eigenvalue weighted by molar-refractivity contribution is 0.147.